The SMILES string of the molecule is COc1ccc(CC(=O)c2cc3ccccc3s2)cc1. The average molecular weight is 282 g/mol. The number of hydrogen-bond donors (Lipinski definition) is 0. The van der Waals surface area contributed by atoms with Crippen molar-refractivity contribution in [3.05, 3.63) is 65.0 Å². The molecule has 0 N–H and O–H groups in total. The van der Waals surface area contributed by atoms with Gasteiger partial charge in [0.25, 0.3) is 0 Å². The molecule has 0 aliphatic carbocycles. The van der Waals surface area contributed by atoms with E-state index < -0.39 is 0 Å². The van der Waals surface area contributed by atoms with Gasteiger partial charge in [0.05, 0.1) is 12.0 Å². The Kier molecular flexibility index (Phi) is 3.52. The van der Waals surface area contributed by atoms with Crippen molar-refractivity contribution in [1.82, 2.24) is 0 Å². The molecule has 0 saturated heterocycles. The average Bonchev–Trinajstić information content (AvgIpc) is 2.92. The first-order chi connectivity index (χ1) is 9.76. The van der Waals surface area contributed by atoms with Crippen molar-refractivity contribution in [3.63, 3.8) is 0 Å². The molecule has 0 spiro atoms. The molecule has 3 aromatic rings. The van der Waals surface area contributed by atoms with Crippen molar-refractivity contribution in [1.29, 1.82) is 0 Å². The van der Waals surface area contributed by atoms with Crippen molar-refractivity contribution in [2.75, 3.05) is 7.11 Å². The number of carbonyl (C=O) groups excluding carboxylic acids is 1. The summed E-state index contributed by atoms with van der Waals surface area (Å²) in [5.41, 5.74) is 1.01. The van der Waals surface area contributed by atoms with Gasteiger partial charge in [-0.2, -0.15) is 0 Å². The smallest absolute Gasteiger partial charge is 0.177 e. The lowest BCUT2D eigenvalue weighted by Gasteiger charge is -2.02. The molecule has 0 bridgehead atoms. The molecule has 0 atom stereocenters. The van der Waals surface area contributed by atoms with E-state index in [-0.39, 0.29) is 5.78 Å². The lowest BCUT2D eigenvalue weighted by atomic mass is 10.1. The van der Waals surface area contributed by atoms with E-state index in [9.17, 15) is 4.79 Å². The summed E-state index contributed by atoms with van der Waals surface area (Å²) in [7, 11) is 1.64. The van der Waals surface area contributed by atoms with E-state index in [0.29, 0.717) is 6.42 Å². The number of hydrogen-bond acceptors (Lipinski definition) is 3. The summed E-state index contributed by atoms with van der Waals surface area (Å²) in [6, 6.07) is 17.7. The molecular weight excluding hydrogens is 268 g/mol. The second-order valence-electron chi connectivity index (χ2n) is 4.60. The lowest BCUT2D eigenvalue weighted by Crippen LogP contribution is -2.00. The second kappa shape index (κ2) is 5.47. The number of rotatable bonds is 4. The molecule has 0 aliphatic rings. The minimum Gasteiger partial charge on any atom is -0.497 e. The number of ketones is 1. The molecule has 0 amide bonds. The van der Waals surface area contributed by atoms with Crippen LogP contribution in [0, 0.1) is 0 Å². The van der Waals surface area contributed by atoms with Crippen molar-refractivity contribution in [3.8, 4) is 5.75 Å². The molecule has 0 unspecified atom stereocenters. The van der Waals surface area contributed by atoms with E-state index in [1.165, 1.54) is 0 Å². The van der Waals surface area contributed by atoms with E-state index in [1.54, 1.807) is 18.4 Å². The van der Waals surface area contributed by atoms with Gasteiger partial charge >= 0.3 is 0 Å². The Morgan fingerprint density at radius 1 is 1.10 bits per heavy atom. The van der Waals surface area contributed by atoms with Crippen LogP contribution in [0.15, 0.2) is 54.6 Å². The summed E-state index contributed by atoms with van der Waals surface area (Å²) < 4.78 is 6.27. The summed E-state index contributed by atoms with van der Waals surface area (Å²) in [5.74, 6) is 0.972. The fraction of sp³-hybridized carbons (Fsp3) is 0.118. The number of methoxy groups -OCH3 is 1. The normalized spacial score (nSPS) is 10.7. The highest BCUT2D eigenvalue weighted by Gasteiger charge is 2.11. The van der Waals surface area contributed by atoms with E-state index in [4.69, 9.17) is 4.74 Å². The van der Waals surface area contributed by atoms with Gasteiger partial charge in [0.2, 0.25) is 0 Å². The maximum atomic E-state index is 12.3. The number of Topliss-reactive ketones (excluding diaryl/α,β-unsaturated/α-hetero) is 1. The number of carbonyl (C=O) groups is 1. The highest BCUT2D eigenvalue weighted by atomic mass is 32.1. The molecule has 0 aliphatic heterocycles. The van der Waals surface area contributed by atoms with Gasteiger partial charge in [0.15, 0.2) is 5.78 Å². The predicted octanol–water partition coefficient (Wildman–Crippen LogP) is 4.34. The first kappa shape index (κ1) is 12.9. The van der Waals surface area contributed by atoms with Crippen LogP contribution in [0.5, 0.6) is 5.75 Å². The quantitative estimate of drug-likeness (QED) is 0.666. The zero-order valence-corrected chi connectivity index (χ0v) is 11.9. The van der Waals surface area contributed by atoms with Crippen LogP contribution in [0.1, 0.15) is 15.2 Å². The third kappa shape index (κ3) is 2.58. The first-order valence-electron chi connectivity index (χ1n) is 6.41. The van der Waals surface area contributed by atoms with Gasteiger partial charge in [-0.1, -0.05) is 30.3 Å². The first-order valence-corrected chi connectivity index (χ1v) is 7.22. The Morgan fingerprint density at radius 3 is 2.55 bits per heavy atom. The fourth-order valence-electron chi connectivity index (χ4n) is 2.14. The van der Waals surface area contributed by atoms with Crippen molar-refractivity contribution in [2.24, 2.45) is 0 Å². The summed E-state index contributed by atoms with van der Waals surface area (Å²) in [5, 5.41) is 1.13. The highest BCUT2D eigenvalue weighted by molar-refractivity contribution is 7.20. The zero-order valence-electron chi connectivity index (χ0n) is 11.1. The molecule has 1 aromatic heterocycles. The third-order valence-electron chi connectivity index (χ3n) is 3.22. The van der Waals surface area contributed by atoms with Crippen LogP contribution in [0.4, 0.5) is 0 Å². The predicted molar refractivity (Wildman–Crippen MR) is 82.9 cm³/mol. The lowest BCUT2D eigenvalue weighted by molar-refractivity contribution is 0.0997. The van der Waals surface area contributed by atoms with Gasteiger partial charge in [0, 0.05) is 11.1 Å². The van der Waals surface area contributed by atoms with E-state index >= 15 is 0 Å². The molecule has 3 rings (SSSR count). The van der Waals surface area contributed by atoms with Gasteiger partial charge in [-0.25, -0.2) is 0 Å². The molecule has 2 aromatic carbocycles. The maximum absolute atomic E-state index is 12.3. The van der Waals surface area contributed by atoms with E-state index in [0.717, 1.165) is 26.3 Å². The third-order valence-corrected chi connectivity index (χ3v) is 4.38. The second-order valence-corrected chi connectivity index (χ2v) is 5.68. The number of fused-ring (bicyclic) bond motifs is 1. The van der Waals surface area contributed by atoms with E-state index in [2.05, 4.69) is 0 Å². The molecule has 0 radical (unpaired) electrons. The van der Waals surface area contributed by atoms with Crippen LogP contribution in [0.2, 0.25) is 0 Å². The molecule has 20 heavy (non-hydrogen) atoms. The van der Waals surface area contributed by atoms with Crippen LogP contribution < -0.4 is 4.74 Å². The monoisotopic (exact) mass is 282 g/mol. The number of benzene rings is 2. The van der Waals surface area contributed by atoms with Gasteiger partial charge in [-0.15, -0.1) is 11.3 Å². The molecule has 100 valence electrons. The van der Waals surface area contributed by atoms with Gasteiger partial charge < -0.3 is 4.74 Å². The van der Waals surface area contributed by atoms with Gasteiger partial charge in [-0.3, -0.25) is 4.79 Å². The summed E-state index contributed by atoms with van der Waals surface area (Å²) >= 11 is 1.56. The minimum atomic E-state index is 0.163. The zero-order chi connectivity index (χ0) is 13.9. The van der Waals surface area contributed by atoms with Crippen molar-refractivity contribution >= 4 is 27.2 Å². The van der Waals surface area contributed by atoms with Crippen LogP contribution >= 0.6 is 11.3 Å². The largest absolute Gasteiger partial charge is 0.497 e. The van der Waals surface area contributed by atoms with Gasteiger partial charge in [-0.05, 0) is 35.2 Å². The molecular formula is C17H14O2S. The number of thiophene rings is 1. The molecule has 0 fully saturated rings. The maximum Gasteiger partial charge on any atom is 0.177 e. The Morgan fingerprint density at radius 2 is 1.85 bits per heavy atom. The Labute approximate surface area is 121 Å². The molecule has 3 heteroatoms. The summed E-state index contributed by atoms with van der Waals surface area (Å²) in [6.45, 7) is 0. The minimum absolute atomic E-state index is 0.163. The van der Waals surface area contributed by atoms with Crippen LogP contribution in [0.25, 0.3) is 10.1 Å². The highest BCUT2D eigenvalue weighted by Crippen LogP contribution is 2.26. The van der Waals surface area contributed by atoms with E-state index in [1.807, 2.05) is 54.6 Å². The van der Waals surface area contributed by atoms with Crippen LogP contribution in [-0.2, 0) is 6.42 Å². The molecule has 0 saturated carbocycles. The Balaban J connectivity index is 1.81. The molecule has 2 nitrogen and oxygen atoms in total. The standard InChI is InChI=1S/C17H14O2S/c1-19-14-8-6-12(7-9-14)10-15(18)17-11-13-4-2-3-5-16(13)20-17/h2-9,11H,10H2,1H3. The molecule has 1 heterocycles. The Hall–Kier alpha value is -2.13. The Bertz CT molecular complexity index is 708. The summed E-state index contributed by atoms with van der Waals surface area (Å²) in [4.78, 5) is 13.1. The fourth-order valence-corrected chi connectivity index (χ4v) is 3.14. The number of ether oxygens (including phenoxy) is 1. The van der Waals surface area contributed by atoms with Crippen molar-refractivity contribution in [2.45, 2.75) is 6.42 Å². The van der Waals surface area contributed by atoms with Crippen LogP contribution in [-0.4, -0.2) is 12.9 Å². The summed E-state index contributed by atoms with van der Waals surface area (Å²) in [6.07, 6.45) is 0.427. The topological polar surface area (TPSA) is 26.3 Å². The van der Waals surface area contributed by atoms with Crippen LogP contribution in [0.3, 0.4) is 0 Å². The van der Waals surface area contributed by atoms with Gasteiger partial charge in [0.1, 0.15) is 5.75 Å². The van der Waals surface area contributed by atoms with Crippen molar-refractivity contribution < 1.29 is 9.53 Å².